The Morgan fingerprint density at radius 2 is 2.00 bits per heavy atom. The molecule has 0 atom stereocenters. The van der Waals surface area contributed by atoms with Gasteiger partial charge in [-0.25, -0.2) is 4.68 Å². The largest absolute Gasteiger partial charge is 0.482 e. The number of rotatable bonds is 5. The third-order valence-corrected chi connectivity index (χ3v) is 6.88. The Kier molecular flexibility index (Phi) is 6.21. The molecular formula is C26H26N4O2S. The number of fused-ring (bicyclic) bond motifs is 1. The van der Waals surface area contributed by atoms with E-state index >= 15 is 0 Å². The van der Waals surface area contributed by atoms with E-state index in [2.05, 4.69) is 52.6 Å². The van der Waals surface area contributed by atoms with Crippen molar-refractivity contribution in [1.29, 1.82) is 0 Å². The number of amides is 1. The Hall–Kier alpha value is -3.45. The minimum Gasteiger partial charge on any atom is -0.482 e. The highest BCUT2D eigenvalue weighted by molar-refractivity contribution is 7.07. The molecule has 1 aliphatic carbocycles. The first-order chi connectivity index (χ1) is 16.2. The molecule has 5 rings (SSSR count). The number of carbonyl (C=O) groups excluding carboxylic acids is 1. The maximum Gasteiger partial charge on any atom is 0.262 e. The van der Waals surface area contributed by atoms with Crippen molar-refractivity contribution in [3.05, 3.63) is 76.9 Å². The Morgan fingerprint density at radius 1 is 1.18 bits per heavy atom. The van der Waals surface area contributed by atoms with E-state index in [9.17, 15) is 4.79 Å². The molecule has 0 radical (unpaired) electrons. The van der Waals surface area contributed by atoms with Crippen molar-refractivity contribution < 1.29 is 9.53 Å². The Morgan fingerprint density at radius 3 is 2.79 bits per heavy atom. The Balaban J connectivity index is 1.46. The van der Waals surface area contributed by atoms with Crippen molar-refractivity contribution >= 4 is 28.6 Å². The fraction of sp³-hybridized carbons (Fsp3) is 0.269. The summed E-state index contributed by atoms with van der Waals surface area (Å²) < 4.78 is 7.45. The number of thiazole rings is 1. The van der Waals surface area contributed by atoms with Gasteiger partial charge in [0.05, 0.1) is 17.9 Å². The van der Waals surface area contributed by atoms with Gasteiger partial charge >= 0.3 is 0 Å². The molecule has 0 unspecified atom stereocenters. The van der Waals surface area contributed by atoms with Crippen molar-refractivity contribution in [2.45, 2.75) is 31.6 Å². The molecule has 1 N–H and O–H groups in total. The van der Waals surface area contributed by atoms with Crippen LogP contribution in [0.4, 0.5) is 5.69 Å². The molecule has 33 heavy (non-hydrogen) atoms. The van der Waals surface area contributed by atoms with Gasteiger partial charge in [0.25, 0.3) is 5.91 Å². The minimum absolute atomic E-state index is 0.0486. The molecule has 0 saturated heterocycles. The summed E-state index contributed by atoms with van der Waals surface area (Å²) in [5, 5.41) is 10.0. The van der Waals surface area contributed by atoms with Crippen molar-refractivity contribution in [2.75, 3.05) is 18.5 Å². The van der Waals surface area contributed by atoms with Gasteiger partial charge in [-0.2, -0.15) is 5.10 Å². The molecule has 1 fully saturated rings. The molecule has 2 heterocycles. The van der Waals surface area contributed by atoms with Crippen molar-refractivity contribution in [2.24, 2.45) is 10.1 Å². The zero-order valence-electron chi connectivity index (χ0n) is 18.4. The lowest BCUT2D eigenvalue weighted by atomic mass is 9.83. The third kappa shape index (κ3) is 4.68. The standard InChI is InChI=1S/C26H26N4O2S/c1-2-14-27-26-30(29-21-11-8-19(9-12-21)18-6-4-3-5-7-18)23(17-33-26)20-10-13-24-22(15-20)28-25(31)16-32-24/h2-7,10,13,15,17,19H,1,8-9,11-12,14,16H2,(H,28,31). The molecule has 1 saturated carbocycles. The van der Waals surface area contributed by atoms with E-state index in [4.69, 9.17) is 9.84 Å². The van der Waals surface area contributed by atoms with Gasteiger partial charge in [-0.15, -0.1) is 17.9 Å². The second kappa shape index (κ2) is 9.58. The second-order valence-electron chi connectivity index (χ2n) is 8.24. The van der Waals surface area contributed by atoms with Crippen molar-refractivity contribution in [3.8, 4) is 17.0 Å². The van der Waals surface area contributed by atoms with Crippen LogP contribution in [0.15, 0.2) is 76.7 Å². The van der Waals surface area contributed by atoms with Crippen LogP contribution in [0.3, 0.4) is 0 Å². The number of nitrogens with zero attached hydrogens (tertiary/aromatic N) is 3. The molecule has 3 aromatic rings. The smallest absolute Gasteiger partial charge is 0.262 e. The maximum atomic E-state index is 11.8. The summed E-state index contributed by atoms with van der Waals surface area (Å²) >= 11 is 1.56. The van der Waals surface area contributed by atoms with Crippen molar-refractivity contribution in [1.82, 2.24) is 4.68 Å². The summed E-state index contributed by atoms with van der Waals surface area (Å²) in [7, 11) is 0. The SMILES string of the molecule is C=CCN=c1scc(-c2ccc3c(c2)NC(=O)CO3)n1N=C1CCC(c2ccccc2)CC1. The number of anilines is 1. The van der Waals surface area contributed by atoms with Crippen molar-refractivity contribution in [3.63, 3.8) is 0 Å². The van der Waals surface area contributed by atoms with Crippen LogP contribution in [0.5, 0.6) is 5.75 Å². The summed E-state index contributed by atoms with van der Waals surface area (Å²) in [5.41, 5.74) is 5.19. The monoisotopic (exact) mass is 458 g/mol. The van der Waals surface area contributed by atoms with Crippen LogP contribution < -0.4 is 14.9 Å². The quantitative estimate of drug-likeness (QED) is 0.534. The highest BCUT2D eigenvalue weighted by atomic mass is 32.1. The summed E-state index contributed by atoms with van der Waals surface area (Å²) in [6, 6.07) is 16.6. The first-order valence-electron chi connectivity index (χ1n) is 11.2. The minimum atomic E-state index is -0.144. The van der Waals surface area contributed by atoms with Crippen LogP contribution in [0, 0.1) is 0 Å². The van der Waals surface area contributed by atoms with Gasteiger partial charge in [0.2, 0.25) is 4.80 Å². The van der Waals surface area contributed by atoms with Crippen LogP contribution >= 0.6 is 11.3 Å². The zero-order valence-corrected chi connectivity index (χ0v) is 19.2. The van der Waals surface area contributed by atoms with E-state index in [-0.39, 0.29) is 12.5 Å². The van der Waals surface area contributed by atoms with Crippen LogP contribution in [0.1, 0.15) is 37.2 Å². The predicted molar refractivity (Wildman–Crippen MR) is 133 cm³/mol. The lowest BCUT2D eigenvalue weighted by Gasteiger charge is -2.23. The van der Waals surface area contributed by atoms with Gasteiger partial charge in [0.15, 0.2) is 6.61 Å². The number of hydrogen-bond acceptors (Lipinski definition) is 5. The first-order valence-corrected chi connectivity index (χ1v) is 12.1. The molecule has 0 spiro atoms. The number of ether oxygens (including phenoxy) is 1. The average Bonchev–Trinajstić information content (AvgIpc) is 3.25. The molecule has 2 aliphatic rings. The maximum absolute atomic E-state index is 11.8. The summed E-state index contributed by atoms with van der Waals surface area (Å²) in [4.78, 5) is 17.3. The summed E-state index contributed by atoms with van der Waals surface area (Å²) in [6.07, 6.45) is 5.93. The number of hydrogen-bond donors (Lipinski definition) is 1. The molecule has 0 bridgehead atoms. The average molecular weight is 459 g/mol. The predicted octanol–water partition coefficient (Wildman–Crippen LogP) is 5.20. The molecule has 1 aliphatic heterocycles. The van der Waals surface area contributed by atoms with Gasteiger partial charge in [0, 0.05) is 16.7 Å². The number of benzene rings is 2. The molecule has 6 nitrogen and oxygen atoms in total. The van der Waals surface area contributed by atoms with Gasteiger partial charge < -0.3 is 10.1 Å². The molecular weight excluding hydrogens is 432 g/mol. The van der Waals surface area contributed by atoms with E-state index in [0.29, 0.717) is 23.9 Å². The zero-order chi connectivity index (χ0) is 22.6. The fourth-order valence-corrected chi connectivity index (χ4v) is 5.18. The van der Waals surface area contributed by atoms with E-state index in [1.165, 1.54) is 11.3 Å². The van der Waals surface area contributed by atoms with E-state index in [1.807, 2.05) is 22.9 Å². The fourth-order valence-electron chi connectivity index (χ4n) is 4.34. The van der Waals surface area contributed by atoms with Gasteiger partial charge in [0.1, 0.15) is 5.75 Å². The van der Waals surface area contributed by atoms with Gasteiger partial charge in [-0.1, -0.05) is 36.4 Å². The van der Waals surface area contributed by atoms with E-state index in [1.54, 1.807) is 17.4 Å². The van der Waals surface area contributed by atoms with Gasteiger partial charge in [-0.05, 0) is 55.4 Å². The lowest BCUT2D eigenvalue weighted by Crippen LogP contribution is -2.25. The number of nitrogens with one attached hydrogen (secondary N) is 1. The first kappa shape index (κ1) is 21.4. The van der Waals surface area contributed by atoms with Crippen LogP contribution in [0.25, 0.3) is 11.3 Å². The van der Waals surface area contributed by atoms with E-state index < -0.39 is 0 Å². The third-order valence-electron chi connectivity index (χ3n) is 6.02. The molecule has 1 amide bonds. The lowest BCUT2D eigenvalue weighted by molar-refractivity contribution is -0.118. The van der Waals surface area contributed by atoms with Crippen LogP contribution in [0.2, 0.25) is 0 Å². The molecule has 2 aromatic carbocycles. The highest BCUT2D eigenvalue weighted by Gasteiger charge is 2.21. The normalized spacial score (nSPS) is 18.3. The number of aromatic nitrogens is 1. The van der Waals surface area contributed by atoms with Gasteiger partial charge in [-0.3, -0.25) is 9.79 Å². The summed E-state index contributed by atoms with van der Waals surface area (Å²) in [6.45, 7) is 4.38. The molecule has 168 valence electrons. The molecule has 7 heteroatoms. The second-order valence-corrected chi connectivity index (χ2v) is 9.08. The summed E-state index contributed by atoms with van der Waals surface area (Å²) in [5.74, 6) is 1.13. The Labute approximate surface area is 197 Å². The highest BCUT2D eigenvalue weighted by Crippen LogP contribution is 2.34. The van der Waals surface area contributed by atoms with E-state index in [0.717, 1.165) is 41.7 Å². The van der Waals surface area contributed by atoms with Crippen LogP contribution in [-0.4, -0.2) is 29.4 Å². The topological polar surface area (TPSA) is 68.0 Å². The van der Waals surface area contributed by atoms with Crippen LogP contribution in [-0.2, 0) is 4.79 Å². The number of carbonyl (C=O) groups is 1. The molecule has 1 aromatic heterocycles. The Bertz CT molecular complexity index is 1260.